The average molecular weight is 554 g/mol. The minimum absolute atomic E-state index is 0.0231. The molecule has 1 amide bonds. The fourth-order valence-electron chi connectivity index (χ4n) is 3.72. The van der Waals surface area contributed by atoms with Gasteiger partial charge in [-0.25, -0.2) is 13.4 Å². The Morgan fingerprint density at radius 2 is 1.68 bits per heavy atom. The molecule has 0 bridgehead atoms. The van der Waals surface area contributed by atoms with Gasteiger partial charge < -0.3 is 14.2 Å². The van der Waals surface area contributed by atoms with E-state index >= 15 is 0 Å². The third kappa shape index (κ3) is 5.79. The molecule has 1 aromatic heterocycles. The number of methoxy groups -OCH3 is 2. The van der Waals surface area contributed by atoms with Crippen LogP contribution in [0.2, 0.25) is 0 Å². The molecule has 0 spiro atoms. The highest BCUT2D eigenvalue weighted by atomic mass is 32.2. The van der Waals surface area contributed by atoms with Crippen molar-refractivity contribution in [1.82, 2.24) is 4.98 Å². The number of amides is 1. The van der Waals surface area contributed by atoms with Crippen LogP contribution in [-0.4, -0.2) is 52.5 Å². The van der Waals surface area contributed by atoms with E-state index in [4.69, 9.17) is 14.2 Å². The highest BCUT2D eigenvalue weighted by molar-refractivity contribution is 7.91. The number of anilines is 1. The van der Waals surface area contributed by atoms with E-state index in [2.05, 4.69) is 15.3 Å². The molecule has 0 aliphatic heterocycles. The van der Waals surface area contributed by atoms with Crippen molar-refractivity contribution in [3.63, 3.8) is 0 Å². The number of carbonyl (C=O) groups is 1. The Labute approximate surface area is 225 Å². The van der Waals surface area contributed by atoms with Crippen LogP contribution < -0.4 is 19.5 Å². The summed E-state index contributed by atoms with van der Waals surface area (Å²) in [5.74, 6) is 1.11. The van der Waals surface area contributed by atoms with Gasteiger partial charge in [0.2, 0.25) is 6.10 Å². The van der Waals surface area contributed by atoms with E-state index in [1.54, 1.807) is 70.8 Å². The van der Waals surface area contributed by atoms with Crippen molar-refractivity contribution in [2.75, 3.05) is 32.3 Å². The molecule has 0 radical (unpaired) electrons. The molecule has 0 aliphatic carbocycles. The van der Waals surface area contributed by atoms with Gasteiger partial charge in [0.25, 0.3) is 5.91 Å². The second-order valence-electron chi connectivity index (χ2n) is 8.08. The number of nitrogens with one attached hydrogen (secondary N) is 1. The number of hydrogen-bond donors (Lipinski definition) is 1. The lowest BCUT2D eigenvalue weighted by molar-refractivity contribution is -0.123. The molecule has 4 rings (SSSR count). The lowest BCUT2D eigenvalue weighted by Crippen LogP contribution is -2.25. The van der Waals surface area contributed by atoms with E-state index < -0.39 is 21.8 Å². The van der Waals surface area contributed by atoms with Gasteiger partial charge in [-0.3, -0.25) is 15.1 Å². The molecule has 0 fully saturated rings. The molecule has 9 nitrogen and oxygen atoms in total. The third-order valence-electron chi connectivity index (χ3n) is 5.71. The molecule has 198 valence electrons. The summed E-state index contributed by atoms with van der Waals surface area (Å²) in [6.45, 7) is 1.58. The number of carbonyl (C=O) groups excluding carboxylic acids is 1. The molecule has 1 unspecified atom stereocenters. The number of hydrogen-bond acceptors (Lipinski definition) is 9. The first-order valence-corrected chi connectivity index (χ1v) is 14.1. The first kappa shape index (κ1) is 27.1. The molecule has 1 atom stereocenters. The number of benzene rings is 3. The lowest BCUT2D eigenvalue weighted by Gasteiger charge is -2.19. The van der Waals surface area contributed by atoms with Crippen LogP contribution in [0, 0.1) is 0 Å². The normalized spacial score (nSPS) is 12.4. The Bertz CT molecular complexity index is 1520. The van der Waals surface area contributed by atoms with E-state index in [1.165, 1.54) is 23.5 Å². The Kier molecular flexibility index (Phi) is 8.28. The molecule has 4 aromatic rings. The predicted octanol–water partition coefficient (Wildman–Crippen LogP) is 4.91. The number of sulfone groups is 1. The Balaban J connectivity index is 1.68. The highest BCUT2D eigenvalue weighted by Crippen LogP contribution is 2.39. The second kappa shape index (κ2) is 11.6. The van der Waals surface area contributed by atoms with E-state index in [9.17, 15) is 13.2 Å². The number of aromatic nitrogens is 1. The van der Waals surface area contributed by atoms with Gasteiger partial charge in [-0.15, -0.1) is 0 Å². The molecule has 0 saturated heterocycles. The molecular weight excluding hydrogens is 526 g/mol. The maximum absolute atomic E-state index is 13.5. The number of aliphatic imine (C=N–C) groups is 1. The summed E-state index contributed by atoms with van der Waals surface area (Å²) in [4.78, 5) is 22.2. The van der Waals surface area contributed by atoms with Crippen LogP contribution in [0.4, 0.5) is 5.13 Å². The number of thiazole rings is 1. The van der Waals surface area contributed by atoms with Crippen LogP contribution in [0.5, 0.6) is 17.2 Å². The number of nitrogens with zero attached hydrogens (tertiary/aromatic N) is 2. The molecule has 1 N–H and O–H groups in total. The summed E-state index contributed by atoms with van der Waals surface area (Å²) in [7, 11) is 1.39. The fourth-order valence-corrected chi connectivity index (χ4v) is 5.58. The zero-order valence-corrected chi connectivity index (χ0v) is 22.9. The van der Waals surface area contributed by atoms with Crippen molar-refractivity contribution >= 4 is 48.6 Å². The molecule has 3 aromatic carbocycles. The van der Waals surface area contributed by atoms with Gasteiger partial charge in [0, 0.05) is 18.8 Å². The maximum Gasteiger partial charge on any atom is 0.271 e. The van der Waals surface area contributed by atoms with E-state index in [1.807, 2.05) is 12.1 Å². The summed E-state index contributed by atoms with van der Waals surface area (Å²) in [5.41, 5.74) is 1.92. The van der Waals surface area contributed by atoms with Crippen molar-refractivity contribution in [3.8, 4) is 17.2 Å². The van der Waals surface area contributed by atoms with Gasteiger partial charge in [-0.05, 0) is 54.1 Å². The van der Waals surface area contributed by atoms with Crippen molar-refractivity contribution in [3.05, 3.63) is 71.8 Å². The minimum atomic E-state index is -3.39. The summed E-state index contributed by atoms with van der Waals surface area (Å²) in [5, 5.41) is 3.17. The second-order valence-corrected chi connectivity index (χ2v) is 11.4. The summed E-state index contributed by atoms with van der Waals surface area (Å²) in [6.07, 6.45) is 0.617. The smallest absolute Gasteiger partial charge is 0.271 e. The number of rotatable bonds is 10. The standard InChI is InChI=1S/C27H27N3O6S2/c1-5-38(32,33)20-12-8-18(9-13-20)24(36-19-10-6-17(7-11-19)16-28-2)26(31)30-27-29-23-21(34-3)14-15-22(35-4)25(23)37-27/h6-16,24H,5H2,1-4H3,(H,29,30,31)/b28-16+. The molecule has 38 heavy (non-hydrogen) atoms. The van der Waals surface area contributed by atoms with Gasteiger partial charge >= 0.3 is 0 Å². The van der Waals surface area contributed by atoms with Crippen molar-refractivity contribution in [2.45, 2.75) is 17.9 Å². The molecule has 0 aliphatic rings. The largest absolute Gasteiger partial charge is 0.495 e. The first-order valence-electron chi connectivity index (χ1n) is 11.6. The summed E-state index contributed by atoms with van der Waals surface area (Å²) < 4.78 is 42.2. The lowest BCUT2D eigenvalue weighted by atomic mass is 10.1. The Morgan fingerprint density at radius 1 is 1.03 bits per heavy atom. The SMILES string of the molecule is CCS(=O)(=O)c1ccc(C(Oc2ccc(/C=N/C)cc2)C(=O)Nc2nc3c(OC)ccc(OC)c3s2)cc1. The Morgan fingerprint density at radius 3 is 2.29 bits per heavy atom. The van der Waals surface area contributed by atoms with E-state index in [0.717, 1.165) is 10.3 Å². The van der Waals surface area contributed by atoms with Crippen LogP contribution in [0.15, 0.2) is 70.6 Å². The quantitative estimate of drug-likeness (QED) is 0.277. The van der Waals surface area contributed by atoms with Crippen molar-refractivity contribution in [1.29, 1.82) is 0 Å². The van der Waals surface area contributed by atoms with Crippen LogP contribution in [0.1, 0.15) is 24.2 Å². The molecular formula is C27H27N3O6S2. The molecule has 0 saturated carbocycles. The summed E-state index contributed by atoms with van der Waals surface area (Å²) in [6, 6.07) is 16.7. The summed E-state index contributed by atoms with van der Waals surface area (Å²) >= 11 is 1.24. The monoisotopic (exact) mass is 553 g/mol. The first-order chi connectivity index (χ1) is 18.3. The number of fused-ring (bicyclic) bond motifs is 1. The zero-order valence-electron chi connectivity index (χ0n) is 21.3. The molecule has 1 heterocycles. The minimum Gasteiger partial charge on any atom is -0.495 e. The van der Waals surface area contributed by atoms with Crippen LogP contribution in [-0.2, 0) is 14.6 Å². The van der Waals surface area contributed by atoms with Gasteiger partial charge in [0.1, 0.15) is 27.5 Å². The van der Waals surface area contributed by atoms with Gasteiger partial charge in [-0.2, -0.15) is 0 Å². The van der Waals surface area contributed by atoms with Crippen LogP contribution in [0.25, 0.3) is 10.2 Å². The van der Waals surface area contributed by atoms with Crippen LogP contribution >= 0.6 is 11.3 Å². The van der Waals surface area contributed by atoms with Crippen molar-refractivity contribution in [2.24, 2.45) is 4.99 Å². The van der Waals surface area contributed by atoms with Crippen LogP contribution in [0.3, 0.4) is 0 Å². The van der Waals surface area contributed by atoms with Crippen molar-refractivity contribution < 1.29 is 27.4 Å². The Hall–Kier alpha value is -3.96. The third-order valence-corrected chi connectivity index (χ3v) is 8.45. The van der Waals surface area contributed by atoms with Gasteiger partial charge in [0.15, 0.2) is 15.0 Å². The average Bonchev–Trinajstić information content (AvgIpc) is 3.36. The fraction of sp³-hybridized carbons (Fsp3) is 0.222. The predicted molar refractivity (Wildman–Crippen MR) is 149 cm³/mol. The molecule has 11 heteroatoms. The van der Waals surface area contributed by atoms with E-state index in [0.29, 0.717) is 33.5 Å². The maximum atomic E-state index is 13.5. The van der Waals surface area contributed by atoms with Gasteiger partial charge in [-0.1, -0.05) is 30.4 Å². The highest BCUT2D eigenvalue weighted by Gasteiger charge is 2.26. The van der Waals surface area contributed by atoms with E-state index in [-0.39, 0.29) is 10.6 Å². The zero-order chi connectivity index (χ0) is 27.3. The number of ether oxygens (including phenoxy) is 3. The topological polar surface area (TPSA) is 116 Å². The van der Waals surface area contributed by atoms with Gasteiger partial charge in [0.05, 0.1) is 24.9 Å².